The molecule has 2 heteroatoms. The molecular weight excluding hydrogens is 244 g/mol. The molecule has 104 valence electrons. The number of likely N-dealkylation sites (tertiary alicyclic amines) is 1. The van der Waals surface area contributed by atoms with E-state index in [1.54, 1.807) is 0 Å². The van der Waals surface area contributed by atoms with E-state index in [2.05, 4.69) is 53.2 Å². The van der Waals surface area contributed by atoms with Crippen LogP contribution in [-0.2, 0) is 6.54 Å². The van der Waals surface area contributed by atoms with Crippen LogP contribution in [-0.4, -0.2) is 16.4 Å². The Bertz CT molecular complexity index is 550. The fourth-order valence-corrected chi connectivity index (χ4v) is 3.21. The normalized spacial score (nSPS) is 19.9. The molecule has 1 aliphatic heterocycles. The quantitative estimate of drug-likeness (QED) is 0.831. The van der Waals surface area contributed by atoms with Gasteiger partial charge in [-0.05, 0) is 49.1 Å². The average molecular weight is 266 g/mol. The highest BCUT2D eigenvalue weighted by Crippen LogP contribution is 2.33. The van der Waals surface area contributed by atoms with Gasteiger partial charge in [0.05, 0.1) is 0 Å². The summed E-state index contributed by atoms with van der Waals surface area (Å²) < 4.78 is 0. The minimum absolute atomic E-state index is 0.548. The summed E-state index contributed by atoms with van der Waals surface area (Å²) in [6, 6.07) is 13.5. The van der Waals surface area contributed by atoms with Gasteiger partial charge in [0.15, 0.2) is 0 Å². The third kappa shape index (κ3) is 2.91. The average Bonchev–Trinajstić information content (AvgIpc) is 2.50. The van der Waals surface area contributed by atoms with E-state index in [-0.39, 0.29) is 0 Å². The van der Waals surface area contributed by atoms with Gasteiger partial charge in [0.2, 0.25) is 0 Å². The first kappa shape index (κ1) is 13.3. The molecule has 0 aliphatic carbocycles. The summed E-state index contributed by atoms with van der Waals surface area (Å²) in [6.07, 6.45) is 7.82. The van der Waals surface area contributed by atoms with Gasteiger partial charge in [0, 0.05) is 25.0 Å². The maximum atomic E-state index is 4.23. The lowest BCUT2D eigenvalue weighted by atomic mass is 9.93. The van der Waals surface area contributed by atoms with E-state index < -0.39 is 0 Å². The van der Waals surface area contributed by atoms with Crippen molar-refractivity contribution in [1.82, 2.24) is 9.88 Å². The van der Waals surface area contributed by atoms with Gasteiger partial charge in [0.1, 0.15) is 0 Å². The van der Waals surface area contributed by atoms with Crippen LogP contribution < -0.4 is 0 Å². The molecule has 0 N–H and O–H groups in total. The first-order chi connectivity index (χ1) is 9.84. The Morgan fingerprint density at radius 3 is 2.80 bits per heavy atom. The summed E-state index contributed by atoms with van der Waals surface area (Å²) in [6.45, 7) is 4.42. The Hall–Kier alpha value is -1.67. The van der Waals surface area contributed by atoms with Crippen LogP contribution in [0.3, 0.4) is 0 Å². The zero-order valence-corrected chi connectivity index (χ0v) is 12.1. The number of benzene rings is 1. The highest BCUT2D eigenvalue weighted by molar-refractivity contribution is 5.26. The zero-order valence-electron chi connectivity index (χ0n) is 12.1. The fraction of sp³-hybridized carbons (Fsp3) is 0.389. The van der Waals surface area contributed by atoms with Crippen LogP contribution in [0.15, 0.2) is 48.8 Å². The van der Waals surface area contributed by atoms with E-state index in [0.717, 1.165) is 6.54 Å². The number of hydrogen-bond acceptors (Lipinski definition) is 2. The lowest BCUT2D eigenvalue weighted by Crippen LogP contribution is -2.33. The summed E-state index contributed by atoms with van der Waals surface area (Å²) >= 11 is 0. The molecule has 3 rings (SSSR count). The molecule has 0 spiro atoms. The molecule has 1 aromatic carbocycles. The molecule has 0 radical (unpaired) electrons. The smallest absolute Gasteiger partial charge is 0.0355 e. The topological polar surface area (TPSA) is 16.1 Å². The maximum absolute atomic E-state index is 4.23. The molecular formula is C18H22N2. The molecule has 1 atom stereocenters. The number of aromatic nitrogens is 1. The molecule has 1 saturated heterocycles. The van der Waals surface area contributed by atoms with Crippen molar-refractivity contribution >= 4 is 0 Å². The Kier molecular flexibility index (Phi) is 4.12. The van der Waals surface area contributed by atoms with Gasteiger partial charge in [-0.25, -0.2) is 0 Å². The maximum Gasteiger partial charge on any atom is 0.0355 e. The molecule has 1 fully saturated rings. The number of piperidine rings is 1. The summed E-state index contributed by atoms with van der Waals surface area (Å²) in [7, 11) is 0. The lowest BCUT2D eigenvalue weighted by molar-refractivity contribution is 0.140. The van der Waals surface area contributed by atoms with Gasteiger partial charge >= 0.3 is 0 Å². The van der Waals surface area contributed by atoms with Crippen molar-refractivity contribution in [3.05, 3.63) is 65.5 Å². The predicted molar refractivity (Wildman–Crippen MR) is 82.4 cm³/mol. The van der Waals surface area contributed by atoms with E-state index in [9.17, 15) is 0 Å². The third-order valence-electron chi connectivity index (χ3n) is 4.26. The van der Waals surface area contributed by atoms with Crippen molar-refractivity contribution in [1.29, 1.82) is 0 Å². The van der Waals surface area contributed by atoms with Crippen LogP contribution in [0.25, 0.3) is 0 Å². The standard InChI is InChI=1S/C18H22N2/c1-15-13-19-11-10-17(15)18-9-5-6-12-20(18)14-16-7-3-2-4-8-16/h2-4,7-8,10-11,13,18H,5-6,9,12,14H2,1H3/t18-/m1/s1. The summed E-state index contributed by atoms with van der Waals surface area (Å²) in [4.78, 5) is 6.86. The Morgan fingerprint density at radius 2 is 2.00 bits per heavy atom. The van der Waals surface area contributed by atoms with E-state index >= 15 is 0 Å². The van der Waals surface area contributed by atoms with Crippen LogP contribution >= 0.6 is 0 Å². The molecule has 0 unspecified atom stereocenters. The van der Waals surface area contributed by atoms with E-state index in [4.69, 9.17) is 0 Å². The van der Waals surface area contributed by atoms with Crippen molar-refractivity contribution < 1.29 is 0 Å². The van der Waals surface area contributed by atoms with Gasteiger partial charge in [-0.15, -0.1) is 0 Å². The highest BCUT2D eigenvalue weighted by Gasteiger charge is 2.24. The number of rotatable bonds is 3. The van der Waals surface area contributed by atoms with Gasteiger partial charge in [0.25, 0.3) is 0 Å². The first-order valence-corrected chi connectivity index (χ1v) is 7.53. The minimum atomic E-state index is 0.548. The van der Waals surface area contributed by atoms with Crippen molar-refractivity contribution in [3.63, 3.8) is 0 Å². The molecule has 1 aromatic heterocycles. The second-order valence-corrected chi connectivity index (χ2v) is 5.70. The van der Waals surface area contributed by atoms with E-state index in [0.29, 0.717) is 6.04 Å². The number of pyridine rings is 1. The first-order valence-electron chi connectivity index (χ1n) is 7.53. The molecule has 0 bridgehead atoms. The lowest BCUT2D eigenvalue weighted by Gasteiger charge is -2.36. The summed E-state index contributed by atoms with van der Waals surface area (Å²) in [5, 5.41) is 0. The van der Waals surface area contributed by atoms with Gasteiger partial charge < -0.3 is 0 Å². The van der Waals surface area contributed by atoms with E-state index in [1.807, 2.05) is 12.4 Å². The molecule has 2 nitrogen and oxygen atoms in total. The monoisotopic (exact) mass is 266 g/mol. The number of hydrogen-bond donors (Lipinski definition) is 0. The van der Waals surface area contributed by atoms with Crippen LogP contribution in [0.5, 0.6) is 0 Å². The van der Waals surface area contributed by atoms with Crippen LogP contribution in [0.2, 0.25) is 0 Å². The molecule has 20 heavy (non-hydrogen) atoms. The molecule has 2 aromatic rings. The Balaban J connectivity index is 1.83. The summed E-state index contributed by atoms with van der Waals surface area (Å²) in [5.41, 5.74) is 4.18. The molecule has 2 heterocycles. The Labute approximate surface area is 121 Å². The molecule has 1 aliphatic rings. The largest absolute Gasteiger partial charge is 0.292 e. The molecule has 0 saturated carbocycles. The van der Waals surface area contributed by atoms with Crippen molar-refractivity contribution in [2.24, 2.45) is 0 Å². The van der Waals surface area contributed by atoms with Gasteiger partial charge in [-0.1, -0.05) is 36.8 Å². The highest BCUT2D eigenvalue weighted by atomic mass is 15.2. The fourth-order valence-electron chi connectivity index (χ4n) is 3.21. The zero-order chi connectivity index (χ0) is 13.8. The van der Waals surface area contributed by atoms with E-state index in [1.165, 1.54) is 42.5 Å². The van der Waals surface area contributed by atoms with Crippen LogP contribution in [0.4, 0.5) is 0 Å². The number of nitrogens with zero attached hydrogens (tertiary/aromatic N) is 2. The second kappa shape index (κ2) is 6.19. The van der Waals surface area contributed by atoms with Crippen molar-refractivity contribution in [2.75, 3.05) is 6.54 Å². The van der Waals surface area contributed by atoms with Gasteiger partial charge in [-0.3, -0.25) is 9.88 Å². The van der Waals surface area contributed by atoms with Crippen LogP contribution in [0.1, 0.15) is 42.0 Å². The SMILES string of the molecule is Cc1cnccc1[C@H]1CCCCN1Cc1ccccc1. The van der Waals surface area contributed by atoms with Crippen molar-refractivity contribution in [3.8, 4) is 0 Å². The summed E-state index contributed by atoms with van der Waals surface area (Å²) in [5.74, 6) is 0. The van der Waals surface area contributed by atoms with Crippen LogP contribution in [0, 0.1) is 6.92 Å². The minimum Gasteiger partial charge on any atom is -0.292 e. The third-order valence-corrected chi connectivity index (χ3v) is 4.26. The second-order valence-electron chi connectivity index (χ2n) is 5.70. The van der Waals surface area contributed by atoms with Gasteiger partial charge in [-0.2, -0.15) is 0 Å². The molecule has 0 amide bonds. The Morgan fingerprint density at radius 1 is 1.15 bits per heavy atom. The predicted octanol–water partition coefficient (Wildman–Crippen LogP) is 4.12. The number of aryl methyl sites for hydroxylation is 1. The van der Waals surface area contributed by atoms with Crippen molar-refractivity contribution in [2.45, 2.75) is 38.8 Å².